The molecule has 9 heteroatoms. The summed E-state index contributed by atoms with van der Waals surface area (Å²) in [7, 11) is 1.48. The van der Waals surface area contributed by atoms with Crippen molar-refractivity contribution >= 4 is 23.2 Å². The molecule has 0 fully saturated rings. The largest absolute Gasteiger partial charge is 0.477 e. The number of amides is 2. The minimum absolute atomic E-state index is 0.000228. The lowest BCUT2D eigenvalue weighted by atomic mass is 10.1. The highest BCUT2D eigenvalue weighted by Crippen LogP contribution is 2.33. The minimum Gasteiger partial charge on any atom is -0.477 e. The van der Waals surface area contributed by atoms with Gasteiger partial charge in [-0.05, 0) is 18.2 Å². The Balaban J connectivity index is 1.79. The van der Waals surface area contributed by atoms with E-state index < -0.39 is 23.5 Å². The Hall–Kier alpha value is -3.62. The lowest BCUT2D eigenvalue weighted by Crippen LogP contribution is -2.51. The molecule has 1 heterocycles. The molecule has 0 saturated carbocycles. The maximum Gasteiger partial charge on any atom is 0.310 e. The fourth-order valence-electron chi connectivity index (χ4n) is 2.72. The molecule has 1 atom stereocenters. The van der Waals surface area contributed by atoms with Gasteiger partial charge < -0.3 is 19.7 Å². The van der Waals surface area contributed by atoms with Crippen molar-refractivity contribution in [2.24, 2.45) is 0 Å². The van der Waals surface area contributed by atoms with Crippen LogP contribution in [-0.2, 0) is 9.59 Å². The van der Waals surface area contributed by atoms with Crippen molar-refractivity contribution in [1.29, 1.82) is 0 Å². The third-order valence-electron chi connectivity index (χ3n) is 4.03. The number of para-hydroxylation sites is 4. The summed E-state index contributed by atoms with van der Waals surface area (Å²) in [5, 5.41) is 13.5. The van der Waals surface area contributed by atoms with Crippen LogP contribution in [0.1, 0.15) is 0 Å². The number of anilines is 1. The summed E-state index contributed by atoms with van der Waals surface area (Å²) < 4.78 is 11.0. The van der Waals surface area contributed by atoms with E-state index in [2.05, 4.69) is 5.32 Å². The van der Waals surface area contributed by atoms with Gasteiger partial charge in [-0.15, -0.1) is 0 Å². The molecule has 0 saturated heterocycles. The second-order valence-electron chi connectivity index (χ2n) is 5.71. The van der Waals surface area contributed by atoms with E-state index in [4.69, 9.17) is 9.47 Å². The molecule has 0 aliphatic carbocycles. The fraction of sp³-hybridized carbons (Fsp3) is 0.222. The molecule has 1 unspecified atom stereocenters. The van der Waals surface area contributed by atoms with Crippen molar-refractivity contribution in [2.45, 2.75) is 6.10 Å². The first-order valence-electron chi connectivity index (χ1n) is 8.15. The first-order valence-corrected chi connectivity index (χ1v) is 8.15. The zero-order valence-electron chi connectivity index (χ0n) is 14.5. The van der Waals surface area contributed by atoms with Gasteiger partial charge >= 0.3 is 5.69 Å². The number of benzene rings is 2. The molecule has 2 aromatic carbocycles. The standard InChI is InChI=1S/C18H17N3O6/c1-19-18(23)16-10-20(12-6-2-5-9-15(12)27-16)17(22)11-26-14-8-4-3-7-13(14)21(24)25/h2-9,16H,10-11H2,1H3,(H,19,23). The van der Waals surface area contributed by atoms with Crippen molar-refractivity contribution in [1.82, 2.24) is 5.32 Å². The average molecular weight is 371 g/mol. The van der Waals surface area contributed by atoms with E-state index in [1.807, 2.05) is 0 Å². The van der Waals surface area contributed by atoms with E-state index in [0.29, 0.717) is 11.4 Å². The van der Waals surface area contributed by atoms with E-state index in [1.165, 1.54) is 30.1 Å². The van der Waals surface area contributed by atoms with E-state index in [-0.39, 0.29) is 23.9 Å². The number of carbonyl (C=O) groups excluding carboxylic acids is 2. The summed E-state index contributed by atoms with van der Waals surface area (Å²) in [5.74, 6) is -0.406. The van der Waals surface area contributed by atoms with Crippen LogP contribution in [-0.4, -0.2) is 43.0 Å². The van der Waals surface area contributed by atoms with Gasteiger partial charge in [0.25, 0.3) is 11.8 Å². The third kappa shape index (κ3) is 3.81. The van der Waals surface area contributed by atoms with Gasteiger partial charge in [-0.25, -0.2) is 0 Å². The van der Waals surface area contributed by atoms with Crippen LogP contribution in [0, 0.1) is 10.1 Å². The molecule has 0 spiro atoms. The Bertz CT molecular complexity index is 885. The molecule has 1 aliphatic heterocycles. The van der Waals surface area contributed by atoms with Crippen LogP contribution in [0.15, 0.2) is 48.5 Å². The van der Waals surface area contributed by atoms with Gasteiger partial charge in [0.2, 0.25) is 0 Å². The Kier molecular flexibility index (Phi) is 5.20. The number of carbonyl (C=O) groups is 2. The van der Waals surface area contributed by atoms with Crippen molar-refractivity contribution in [3.63, 3.8) is 0 Å². The molecule has 1 N–H and O–H groups in total. The number of fused-ring (bicyclic) bond motifs is 1. The lowest BCUT2D eigenvalue weighted by molar-refractivity contribution is -0.385. The summed E-state index contributed by atoms with van der Waals surface area (Å²) in [6.07, 6.45) is -0.861. The zero-order chi connectivity index (χ0) is 19.4. The summed E-state index contributed by atoms with van der Waals surface area (Å²) in [6, 6.07) is 12.6. The maximum atomic E-state index is 12.7. The van der Waals surface area contributed by atoms with Gasteiger partial charge in [0.1, 0.15) is 5.75 Å². The average Bonchev–Trinajstić information content (AvgIpc) is 2.70. The van der Waals surface area contributed by atoms with Crippen molar-refractivity contribution in [3.8, 4) is 11.5 Å². The van der Waals surface area contributed by atoms with Crippen molar-refractivity contribution in [2.75, 3.05) is 25.1 Å². The molecule has 140 valence electrons. The van der Waals surface area contributed by atoms with Gasteiger partial charge in [-0.1, -0.05) is 24.3 Å². The topological polar surface area (TPSA) is 111 Å². The predicted molar refractivity (Wildman–Crippen MR) is 95.9 cm³/mol. The van der Waals surface area contributed by atoms with Gasteiger partial charge in [0.05, 0.1) is 17.2 Å². The molecule has 9 nitrogen and oxygen atoms in total. The first kappa shape index (κ1) is 18.2. The van der Waals surface area contributed by atoms with Gasteiger partial charge in [0, 0.05) is 13.1 Å². The maximum absolute atomic E-state index is 12.7. The Morgan fingerprint density at radius 3 is 2.70 bits per heavy atom. The van der Waals surface area contributed by atoms with Crippen LogP contribution in [0.3, 0.4) is 0 Å². The Labute approximate surface area is 154 Å². The molecule has 0 aromatic heterocycles. The highest BCUT2D eigenvalue weighted by Gasteiger charge is 2.33. The van der Waals surface area contributed by atoms with E-state index in [1.54, 1.807) is 30.3 Å². The number of nitrogens with one attached hydrogen (secondary N) is 1. The fourth-order valence-corrected chi connectivity index (χ4v) is 2.72. The first-order chi connectivity index (χ1) is 13.0. The summed E-state index contributed by atoms with van der Waals surface area (Å²) in [6.45, 7) is -0.407. The summed E-state index contributed by atoms with van der Waals surface area (Å²) >= 11 is 0. The smallest absolute Gasteiger partial charge is 0.310 e. The van der Waals surface area contributed by atoms with Crippen LogP contribution < -0.4 is 19.7 Å². The van der Waals surface area contributed by atoms with Crippen LogP contribution in [0.5, 0.6) is 11.5 Å². The van der Waals surface area contributed by atoms with Crippen LogP contribution in [0.4, 0.5) is 11.4 Å². The van der Waals surface area contributed by atoms with E-state index in [9.17, 15) is 19.7 Å². The highest BCUT2D eigenvalue weighted by molar-refractivity contribution is 5.98. The molecular formula is C18H17N3O6. The second-order valence-corrected chi connectivity index (χ2v) is 5.71. The van der Waals surface area contributed by atoms with Crippen LogP contribution in [0.2, 0.25) is 0 Å². The highest BCUT2D eigenvalue weighted by atomic mass is 16.6. The Morgan fingerprint density at radius 2 is 1.96 bits per heavy atom. The molecule has 2 amide bonds. The van der Waals surface area contributed by atoms with Crippen LogP contribution >= 0.6 is 0 Å². The molecule has 2 aromatic rings. The van der Waals surface area contributed by atoms with Crippen molar-refractivity contribution < 1.29 is 24.0 Å². The lowest BCUT2D eigenvalue weighted by Gasteiger charge is -2.33. The van der Waals surface area contributed by atoms with Gasteiger partial charge in [-0.3, -0.25) is 19.7 Å². The van der Waals surface area contributed by atoms with E-state index >= 15 is 0 Å². The van der Waals surface area contributed by atoms with Crippen molar-refractivity contribution in [3.05, 3.63) is 58.6 Å². The number of rotatable bonds is 5. The van der Waals surface area contributed by atoms with Crippen LogP contribution in [0.25, 0.3) is 0 Å². The van der Waals surface area contributed by atoms with Gasteiger partial charge in [0.15, 0.2) is 18.5 Å². The normalized spacial score (nSPS) is 15.3. The van der Waals surface area contributed by atoms with E-state index in [0.717, 1.165) is 0 Å². The molecule has 0 bridgehead atoms. The number of nitrogens with zero attached hydrogens (tertiary/aromatic N) is 2. The predicted octanol–water partition coefficient (Wildman–Crippen LogP) is 1.51. The molecular weight excluding hydrogens is 354 g/mol. The summed E-state index contributed by atoms with van der Waals surface area (Å²) in [5.41, 5.74) is 0.282. The third-order valence-corrected chi connectivity index (χ3v) is 4.03. The molecule has 3 rings (SSSR count). The molecule has 0 radical (unpaired) electrons. The Morgan fingerprint density at radius 1 is 1.26 bits per heavy atom. The summed E-state index contributed by atoms with van der Waals surface area (Å²) in [4.78, 5) is 36.5. The number of hydrogen-bond acceptors (Lipinski definition) is 6. The SMILES string of the molecule is CNC(=O)C1CN(C(=O)COc2ccccc2[N+](=O)[O-])c2ccccc2O1. The number of nitro groups is 1. The zero-order valence-corrected chi connectivity index (χ0v) is 14.5. The quantitative estimate of drug-likeness (QED) is 0.630. The van der Waals surface area contributed by atoms with Gasteiger partial charge in [-0.2, -0.15) is 0 Å². The number of ether oxygens (including phenoxy) is 2. The number of likely N-dealkylation sites (N-methyl/N-ethyl adjacent to an activating group) is 1. The number of hydrogen-bond donors (Lipinski definition) is 1. The second kappa shape index (κ2) is 7.73. The molecule has 1 aliphatic rings. The molecule has 27 heavy (non-hydrogen) atoms. The minimum atomic E-state index is -0.861. The monoisotopic (exact) mass is 371 g/mol. The number of nitro benzene ring substituents is 1.